The molecule has 0 amide bonds. The van der Waals surface area contributed by atoms with Crippen LogP contribution >= 0.6 is 11.8 Å². The smallest absolute Gasteiger partial charge is 0.102 e. The van der Waals surface area contributed by atoms with Crippen LogP contribution in [0.2, 0.25) is 0 Å². The highest BCUT2D eigenvalue weighted by Gasteiger charge is 2.29. The minimum Gasteiger partial charge on any atom is -0.197 e. The van der Waals surface area contributed by atoms with Crippen molar-refractivity contribution in [3.05, 3.63) is 0 Å². The third kappa shape index (κ3) is 2.13. The average Bonchev–Trinajstić information content (AvgIpc) is 2.30. The van der Waals surface area contributed by atoms with Gasteiger partial charge >= 0.3 is 0 Å². The van der Waals surface area contributed by atoms with Gasteiger partial charge in [-0.3, -0.25) is 0 Å². The van der Waals surface area contributed by atoms with Gasteiger partial charge in [0.25, 0.3) is 0 Å². The lowest BCUT2D eigenvalue weighted by atomic mass is 10.0. The highest BCUT2D eigenvalue weighted by atomic mass is 32.2. The molecular weight excluding hydrogens is 154 g/mol. The molecule has 0 aromatic carbocycles. The van der Waals surface area contributed by atoms with E-state index in [9.17, 15) is 0 Å². The molecule has 2 heteroatoms. The summed E-state index contributed by atoms with van der Waals surface area (Å²) < 4.78 is -0.0312. The largest absolute Gasteiger partial charge is 0.197 e. The van der Waals surface area contributed by atoms with Crippen LogP contribution in [0.4, 0.5) is 0 Å². The van der Waals surface area contributed by atoms with Crippen molar-refractivity contribution in [3.63, 3.8) is 0 Å². The van der Waals surface area contributed by atoms with Gasteiger partial charge in [-0.1, -0.05) is 25.7 Å². The van der Waals surface area contributed by atoms with Gasteiger partial charge in [0, 0.05) is 0 Å². The topological polar surface area (TPSA) is 23.8 Å². The first kappa shape index (κ1) is 8.93. The molecule has 0 aromatic rings. The van der Waals surface area contributed by atoms with Crippen LogP contribution in [0.1, 0.15) is 38.5 Å². The highest BCUT2D eigenvalue weighted by molar-refractivity contribution is 8.00. The first-order valence-electron chi connectivity index (χ1n) is 4.29. The molecule has 1 saturated carbocycles. The summed E-state index contributed by atoms with van der Waals surface area (Å²) in [6, 6.07) is 2.47. The summed E-state index contributed by atoms with van der Waals surface area (Å²) in [5, 5.41) is 9.00. The maximum absolute atomic E-state index is 9.00. The third-order valence-corrected chi connectivity index (χ3v) is 3.79. The van der Waals surface area contributed by atoms with Crippen LogP contribution in [0.5, 0.6) is 0 Å². The van der Waals surface area contributed by atoms with Crippen molar-refractivity contribution < 1.29 is 0 Å². The van der Waals surface area contributed by atoms with Crippen LogP contribution in [-0.2, 0) is 0 Å². The van der Waals surface area contributed by atoms with Gasteiger partial charge in [-0.05, 0) is 19.1 Å². The average molecular weight is 169 g/mol. The Kier molecular flexibility index (Phi) is 3.26. The van der Waals surface area contributed by atoms with Gasteiger partial charge < -0.3 is 0 Å². The first-order chi connectivity index (χ1) is 5.33. The first-order valence-corrected chi connectivity index (χ1v) is 5.52. The molecule has 1 nitrogen and oxygen atoms in total. The maximum atomic E-state index is 9.00. The highest BCUT2D eigenvalue weighted by Crippen LogP contribution is 2.36. The lowest BCUT2D eigenvalue weighted by Gasteiger charge is -2.21. The lowest BCUT2D eigenvalue weighted by Crippen LogP contribution is -2.20. The van der Waals surface area contributed by atoms with Crippen LogP contribution in [0.15, 0.2) is 0 Å². The number of hydrogen-bond acceptors (Lipinski definition) is 2. The van der Waals surface area contributed by atoms with E-state index in [1.807, 2.05) is 0 Å². The molecule has 0 radical (unpaired) electrons. The van der Waals surface area contributed by atoms with Gasteiger partial charge in [0.2, 0.25) is 0 Å². The molecule has 1 aliphatic rings. The number of hydrogen-bond donors (Lipinski definition) is 0. The van der Waals surface area contributed by atoms with Crippen LogP contribution in [0, 0.1) is 11.3 Å². The fourth-order valence-corrected chi connectivity index (χ4v) is 2.45. The van der Waals surface area contributed by atoms with Gasteiger partial charge in [-0.2, -0.15) is 5.26 Å². The molecule has 1 rings (SSSR count). The Bertz CT molecular complexity index is 151. The number of nitrogens with zero attached hydrogens (tertiary/aromatic N) is 1. The van der Waals surface area contributed by atoms with E-state index in [4.69, 9.17) is 5.26 Å². The molecule has 62 valence electrons. The summed E-state index contributed by atoms with van der Waals surface area (Å²) in [6.45, 7) is 0. The zero-order valence-corrected chi connectivity index (χ0v) is 7.91. The molecule has 0 saturated heterocycles. The number of nitriles is 1. The maximum Gasteiger partial charge on any atom is 0.102 e. The molecule has 0 aromatic heterocycles. The molecule has 0 spiro atoms. The number of rotatable bonds is 1. The van der Waals surface area contributed by atoms with Gasteiger partial charge in [-0.15, -0.1) is 11.8 Å². The molecule has 1 fully saturated rings. The van der Waals surface area contributed by atoms with E-state index in [1.165, 1.54) is 25.7 Å². The van der Waals surface area contributed by atoms with Gasteiger partial charge in [0.1, 0.15) is 4.75 Å². The monoisotopic (exact) mass is 169 g/mol. The van der Waals surface area contributed by atoms with E-state index < -0.39 is 0 Å². The van der Waals surface area contributed by atoms with Crippen molar-refractivity contribution in [2.45, 2.75) is 43.3 Å². The predicted molar refractivity (Wildman–Crippen MR) is 49.6 cm³/mol. The minimum absolute atomic E-state index is 0.0312. The molecule has 0 aliphatic heterocycles. The normalized spacial score (nSPS) is 23.6. The van der Waals surface area contributed by atoms with Crippen LogP contribution < -0.4 is 0 Å². The summed E-state index contributed by atoms with van der Waals surface area (Å²) in [5.74, 6) is 0. The van der Waals surface area contributed by atoms with Crippen molar-refractivity contribution >= 4 is 11.8 Å². The second kappa shape index (κ2) is 4.01. The Morgan fingerprint density at radius 3 is 2.09 bits per heavy atom. The third-order valence-electron chi connectivity index (χ3n) is 2.51. The van der Waals surface area contributed by atoms with Crippen molar-refractivity contribution in [2.24, 2.45) is 0 Å². The number of thioether (sulfide) groups is 1. The Morgan fingerprint density at radius 1 is 1.18 bits per heavy atom. The van der Waals surface area contributed by atoms with Gasteiger partial charge in [-0.25, -0.2) is 0 Å². The molecular formula is C9H15NS. The van der Waals surface area contributed by atoms with Crippen molar-refractivity contribution in [3.8, 4) is 6.07 Å². The van der Waals surface area contributed by atoms with Crippen LogP contribution in [-0.4, -0.2) is 11.0 Å². The fraction of sp³-hybridized carbons (Fsp3) is 0.889. The van der Waals surface area contributed by atoms with Crippen LogP contribution in [0.25, 0.3) is 0 Å². The molecule has 0 atom stereocenters. The standard InChI is InChI=1S/C9H15NS/c1-11-9(8-10)6-4-2-3-5-7-9/h2-7H2,1H3. The molecule has 0 unspecified atom stereocenters. The van der Waals surface area contributed by atoms with E-state index in [0.29, 0.717) is 0 Å². The quantitative estimate of drug-likeness (QED) is 0.563. The molecule has 11 heavy (non-hydrogen) atoms. The summed E-state index contributed by atoms with van der Waals surface area (Å²) in [7, 11) is 0. The molecule has 0 heterocycles. The second-order valence-corrected chi connectivity index (χ2v) is 4.41. The van der Waals surface area contributed by atoms with E-state index in [-0.39, 0.29) is 4.75 Å². The molecule has 0 N–H and O–H groups in total. The Balaban J connectivity index is 2.58. The lowest BCUT2D eigenvalue weighted by molar-refractivity contribution is 0.620. The van der Waals surface area contributed by atoms with Gasteiger partial charge in [0.15, 0.2) is 0 Å². The van der Waals surface area contributed by atoms with Crippen molar-refractivity contribution in [2.75, 3.05) is 6.26 Å². The Hall–Kier alpha value is -0.160. The van der Waals surface area contributed by atoms with E-state index in [2.05, 4.69) is 12.3 Å². The Labute approximate surface area is 73.2 Å². The van der Waals surface area contributed by atoms with Crippen molar-refractivity contribution in [1.82, 2.24) is 0 Å². The summed E-state index contributed by atoms with van der Waals surface area (Å²) in [6.07, 6.45) is 9.40. The predicted octanol–water partition coefficient (Wildman–Crippen LogP) is 2.97. The zero-order chi connectivity index (χ0) is 8.16. The van der Waals surface area contributed by atoms with Crippen LogP contribution in [0.3, 0.4) is 0 Å². The minimum atomic E-state index is -0.0312. The van der Waals surface area contributed by atoms with Crippen molar-refractivity contribution in [1.29, 1.82) is 5.26 Å². The molecule has 1 aliphatic carbocycles. The summed E-state index contributed by atoms with van der Waals surface area (Å²) >= 11 is 1.75. The van der Waals surface area contributed by atoms with E-state index in [1.54, 1.807) is 11.8 Å². The summed E-state index contributed by atoms with van der Waals surface area (Å²) in [5.41, 5.74) is 0. The Morgan fingerprint density at radius 2 is 1.73 bits per heavy atom. The van der Waals surface area contributed by atoms with E-state index in [0.717, 1.165) is 12.8 Å². The zero-order valence-electron chi connectivity index (χ0n) is 7.10. The van der Waals surface area contributed by atoms with Gasteiger partial charge in [0.05, 0.1) is 6.07 Å². The fourth-order valence-electron chi connectivity index (χ4n) is 1.66. The SMILES string of the molecule is CSC1(C#N)CCCCCC1. The molecule has 0 bridgehead atoms. The summed E-state index contributed by atoms with van der Waals surface area (Å²) in [4.78, 5) is 0. The van der Waals surface area contributed by atoms with E-state index >= 15 is 0 Å². The second-order valence-electron chi connectivity index (χ2n) is 3.22.